The molecule has 0 bridgehead atoms. The highest BCUT2D eigenvalue weighted by atomic mass is 31.2. The van der Waals surface area contributed by atoms with Crippen LogP contribution in [-0.2, 0) is 28.2 Å². The number of hydrogen-bond acceptors (Lipinski definition) is 6. The summed E-state index contributed by atoms with van der Waals surface area (Å²) in [4.78, 5) is 42.7. The number of unbranched alkanes of at least 4 members (excludes halogenated alkanes) is 18. The average Bonchev–Trinajstić information content (AvgIpc) is 3.03. The fourth-order valence-corrected chi connectivity index (χ4v) is 5.40. The monoisotopic (exact) mass is 684 g/mol. The summed E-state index contributed by atoms with van der Waals surface area (Å²) in [6.07, 6.45) is 38.6. The second-order valence-corrected chi connectivity index (χ2v) is 13.8. The minimum absolute atomic E-state index is 0.199. The molecule has 0 amide bonds. The summed E-state index contributed by atoms with van der Waals surface area (Å²) in [6.45, 7) is 3.62. The molecule has 0 aromatic carbocycles. The number of hydrogen-bond donors (Lipinski definition) is 2. The van der Waals surface area contributed by atoms with Gasteiger partial charge in [0.1, 0.15) is 6.61 Å². The van der Waals surface area contributed by atoms with Gasteiger partial charge >= 0.3 is 19.8 Å². The molecule has 0 radical (unpaired) electrons. The van der Waals surface area contributed by atoms with Gasteiger partial charge in [-0.15, -0.1) is 0 Å². The van der Waals surface area contributed by atoms with Gasteiger partial charge in [0.05, 0.1) is 6.61 Å². The Hall–Kier alpha value is -1.73. The van der Waals surface area contributed by atoms with Crippen LogP contribution in [0.3, 0.4) is 0 Å². The minimum atomic E-state index is -4.75. The molecule has 0 aliphatic heterocycles. The van der Waals surface area contributed by atoms with Crippen LogP contribution in [0.5, 0.6) is 0 Å². The number of ether oxygens (including phenoxy) is 2. The van der Waals surface area contributed by atoms with Crippen molar-refractivity contribution in [2.45, 2.75) is 180 Å². The number of phosphoric ester groups is 1. The zero-order valence-corrected chi connectivity index (χ0v) is 30.8. The smallest absolute Gasteiger partial charge is 0.462 e. The highest BCUT2D eigenvalue weighted by Gasteiger charge is 2.22. The summed E-state index contributed by atoms with van der Waals surface area (Å²) < 4.78 is 26.3. The predicted octanol–water partition coefficient (Wildman–Crippen LogP) is 11.0. The second-order valence-electron chi connectivity index (χ2n) is 12.5. The molecule has 0 saturated heterocycles. The Kier molecular flexibility index (Phi) is 32.9. The van der Waals surface area contributed by atoms with Crippen molar-refractivity contribution >= 4 is 19.8 Å². The van der Waals surface area contributed by atoms with E-state index in [1.165, 1.54) is 64.2 Å². The van der Waals surface area contributed by atoms with Crippen LogP contribution in [0.4, 0.5) is 0 Å². The van der Waals surface area contributed by atoms with Crippen molar-refractivity contribution in [3.05, 3.63) is 36.5 Å². The molecule has 0 aromatic rings. The van der Waals surface area contributed by atoms with E-state index in [0.29, 0.717) is 12.8 Å². The van der Waals surface area contributed by atoms with Gasteiger partial charge in [-0.05, 0) is 70.6 Å². The van der Waals surface area contributed by atoms with Crippen LogP contribution in [0.1, 0.15) is 174 Å². The van der Waals surface area contributed by atoms with Crippen LogP contribution in [-0.4, -0.2) is 41.0 Å². The van der Waals surface area contributed by atoms with Gasteiger partial charge in [0, 0.05) is 12.8 Å². The first-order valence-electron chi connectivity index (χ1n) is 18.8. The van der Waals surface area contributed by atoms with Crippen molar-refractivity contribution in [2.75, 3.05) is 13.2 Å². The van der Waals surface area contributed by atoms with Crippen molar-refractivity contribution in [3.8, 4) is 0 Å². The van der Waals surface area contributed by atoms with E-state index in [0.717, 1.165) is 70.6 Å². The molecule has 274 valence electrons. The Morgan fingerprint density at radius 3 is 1.47 bits per heavy atom. The van der Waals surface area contributed by atoms with Crippen LogP contribution < -0.4 is 0 Å². The molecular formula is C38H69O8P. The highest BCUT2D eigenvalue weighted by molar-refractivity contribution is 7.46. The summed E-state index contributed by atoms with van der Waals surface area (Å²) in [5.74, 6) is -0.911. The molecule has 0 aliphatic carbocycles. The number of carbonyl (C=O) groups is 2. The molecule has 2 N–H and O–H groups in total. The predicted molar refractivity (Wildman–Crippen MR) is 193 cm³/mol. The molecule has 0 aliphatic rings. The van der Waals surface area contributed by atoms with E-state index in [-0.39, 0.29) is 19.4 Å². The number of rotatable bonds is 34. The summed E-state index contributed by atoms with van der Waals surface area (Å²) in [5, 5.41) is 0. The van der Waals surface area contributed by atoms with Crippen LogP contribution in [0.25, 0.3) is 0 Å². The third-order valence-corrected chi connectivity index (χ3v) is 8.37. The van der Waals surface area contributed by atoms with Gasteiger partial charge in [0.2, 0.25) is 0 Å². The molecule has 1 atom stereocenters. The number of allylic oxidation sites excluding steroid dienone is 6. The molecule has 0 fully saturated rings. The van der Waals surface area contributed by atoms with E-state index in [1.807, 2.05) is 0 Å². The van der Waals surface area contributed by atoms with Crippen LogP contribution in [0.2, 0.25) is 0 Å². The van der Waals surface area contributed by atoms with E-state index in [1.54, 1.807) is 0 Å². The van der Waals surface area contributed by atoms with Crippen molar-refractivity contribution < 1.29 is 37.9 Å². The van der Waals surface area contributed by atoms with E-state index >= 15 is 0 Å². The highest BCUT2D eigenvalue weighted by Crippen LogP contribution is 2.36. The second kappa shape index (κ2) is 34.1. The Morgan fingerprint density at radius 1 is 0.553 bits per heavy atom. The lowest BCUT2D eigenvalue weighted by Crippen LogP contribution is -2.29. The average molecular weight is 685 g/mol. The normalized spacial score (nSPS) is 12.9. The fourth-order valence-electron chi connectivity index (χ4n) is 5.04. The first-order chi connectivity index (χ1) is 22.8. The third kappa shape index (κ3) is 36.9. The van der Waals surface area contributed by atoms with Crippen LogP contribution in [0, 0.1) is 0 Å². The molecular weight excluding hydrogens is 615 g/mol. The maximum atomic E-state index is 12.3. The molecule has 9 heteroatoms. The maximum Gasteiger partial charge on any atom is 0.469 e. The summed E-state index contributed by atoms with van der Waals surface area (Å²) in [6, 6.07) is 0. The summed E-state index contributed by atoms with van der Waals surface area (Å²) in [5.41, 5.74) is 0. The lowest BCUT2D eigenvalue weighted by Gasteiger charge is -2.18. The van der Waals surface area contributed by atoms with Gasteiger partial charge in [-0.25, -0.2) is 4.57 Å². The summed E-state index contributed by atoms with van der Waals surface area (Å²) in [7, 11) is -4.75. The Bertz CT molecular complexity index is 864. The number of carbonyl (C=O) groups excluding carboxylic acids is 2. The van der Waals surface area contributed by atoms with E-state index in [2.05, 4.69) is 54.8 Å². The van der Waals surface area contributed by atoms with Crippen molar-refractivity contribution in [3.63, 3.8) is 0 Å². The maximum absolute atomic E-state index is 12.3. The largest absolute Gasteiger partial charge is 0.469 e. The molecule has 0 spiro atoms. The first-order valence-corrected chi connectivity index (χ1v) is 20.3. The van der Waals surface area contributed by atoms with Crippen molar-refractivity contribution in [1.29, 1.82) is 0 Å². The number of esters is 2. The quantitative estimate of drug-likeness (QED) is 0.0297. The molecule has 47 heavy (non-hydrogen) atoms. The minimum Gasteiger partial charge on any atom is -0.462 e. The SMILES string of the molecule is CCCCC/C=C/C/C=C/CCCCCCCC(=O)OC[C@H](COP(=O)(O)O)OC(=O)CCCCCCC/C=C/CCCCCCC. The molecule has 0 rings (SSSR count). The van der Waals surface area contributed by atoms with Gasteiger partial charge in [0.15, 0.2) is 6.10 Å². The fraction of sp³-hybridized carbons (Fsp3) is 0.789. The number of phosphoric acid groups is 1. The summed E-state index contributed by atoms with van der Waals surface area (Å²) >= 11 is 0. The lowest BCUT2D eigenvalue weighted by atomic mass is 10.1. The zero-order chi connectivity index (χ0) is 34.7. The standard InChI is InChI=1S/C38H69O8P/c1-3-5-7-9-11-13-15-17-19-21-22-24-26-28-30-32-37(39)44-34-36(35-45-47(41,42)43)46-38(40)33-31-29-27-25-23-20-18-16-14-12-10-8-6-4-2/h11,13,16-19,36H,3-10,12,14-15,20-35H2,1-2H3,(H2,41,42,43)/b13-11+,18-16+,19-17+/t36-/m1/s1. The molecule has 0 aromatic heterocycles. The van der Waals surface area contributed by atoms with Crippen LogP contribution >= 0.6 is 7.82 Å². The van der Waals surface area contributed by atoms with E-state index in [9.17, 15) is 14.2 Å². The molecule has 0 unspecified atom stereocenters. The van der Waals surface area contributed by atoms with E-state index in [4.69, 9.17) is 19.3 Å². The Labute approximate surface area is 287 Å². The first kappa shape index (κ1) is 45.3. The molecule has 0 saturated carbocycles. The van der Waals surface area contributed by atoms with Gasteiger partial charge in [-0.1, -0.05) is 127 Å². The lowest BCUT2D eigenvalue weighted by molar-refractivity contribution is -0.161. The Balaban J connectivity index is 4.01. The Morgan fingerprint density at radius 2 is 0.957 bits per heavy atom. The molecule has 8 nitrogen and oxygen atoms in total. The van der Waals surface area contributed by atoms with Crippen molar-refractivity contribution in [2.24, 2.45) is 0 Å². The van der Waals surface area contributed by atoms with Crippen molar-refractivity contribution in [1.82, 2.24) is 0 Å². The van der Waals surface area contributed by atoms with E-state index < -0.39 is 32.5 Å². The topological polar surface area (TPSA) is 119 Å². The van der Waals surface area contributed by atoms with Gasteiger partial charge in [-0.3, -0.25) is 14.1 Å². The van der Waals surface area contributed by atoms with Crippen LogP contribution in [0.15, 0.2) is 36.5 Å². The van der Waals surface area contributed by atoms with Gasteiger partial charge < -0.3 is 19.3 Å². The van der Waals surface area contributed by atoms with Gasteiger partial charge in [-0.2, -0.15) is 0 Å². The zero-order valence-electron chi connectivity index (χ0n) is 29.9. The van der Waals surface area contributed by atoms with Gasteiger partial charge in [0.25, 0.3) is 0 Å². The third-order valence-electron chi connectivity index (χ3n) is 7.88. The molecule has 0 heterocycles.